The standard InChI is InChI=1S/C36H26Cl2FN3O3S/c37-26-12-11-25(31(38)22-26)21-32(42-34(43)24-9-5-2-6-10-24)35(44)40-29-17-19-30(20-18-29)46-33(23-7-3-1-4-8-23)36(45)41-28-15-13-27(39)14-16-28/h1-22,33H,(H,40,44)(H,41,45)(H,42,43)/b32-21-. The first-order valence-corrected chi connectivity index (χ1v) is 15.6. The lowest BCUT2D eigenvalue weighted by atomic mass is 10.1. The fourth-order valence-corrected chi connectivity index (χ4v) is 5.80. The summed E-state index contributed by atoms with van der Waals surface area (Å²) in [5, 5.41) is 8.48. The minimum Gasteiger partial charge on any atom is -0.325 e. The first-order valence-electron chi connectivity index (χ1n) is 14.0. The molecular formula is C36H26Cl2FN3O3S. The number of carbonyl (C=O) groups excluding carboxylic acids is 3. The van der Waals surface area contributed by atoms with Gasteiger partial charge in [0.1, 0.15) is 16.8 Å². The average molecular weight is 671 g/mol. The lowest BCUT2D eigenvalue weighted by molar-refractivity contribution is -0.116. The number of hydrogen-bond acceptors (Lipinski definition) is 4. The summed E-state index contributed by atoms with van der Waals surface area (Å²) in [7, 11) is 0. The van der Waals surface area contributed by atoms with Crippen molar-refractivity contribution in [1.29, 1.82) is 0 Å². The normalized spacial score (nSPS) is 11.8. The predicted molar refractivity (Wildman–Crippen MR) is 183 cm³/mol. The molecule has 0 aromatic heterocycles. The second kappa shape index (κ2) is 15.4. The quantitative estimate of drug-likeness (QED) is 0.102. The molecule has 46 heavy (non-hydrogen) atoms. The Morgan fingerprint density at radius 2 is 1.33 bits per heavy atom. The van der Waals surface area contributed by atoms with Gasteiger partial charge in [-0.2, -0.15) is 0 Å². The van der Waals surface area contributed by atoms with Gasteiger partial charge in [0.05, 0.1) is 0 Å². The van der Waals surface area contributed by atoms with Gasteiger partial charge in [-0.3, -0.25) is 14.4 Å². The van der Waals surface area contributed by atoms with Crippen molar-refractivity contribution >= 4 is 70.1 Å². The van der Waals surface area contributed by atoms with Crippen LogP contribution in [0.25, 0.3) is 6.08 Å². The van der Waals surface area contributed by atoms with Gasteiger partial charge in [0.15, 0.2) is 0 Å². The fourth-order valence-electron chi connectivity index (χ4n) is 4.31. The van der Waals surface area contributed by atoms with Crippen LogP contribution in [0.3, 0.4) is 0 Å². The van der Waals surface area contributed by atoms with E-state index in [0.717, 1.165) is 10.5 Å². The summed E-state index contributed by atoms with van der Waals surface area (Å²) in [4.78, 5) is 40.5. The van der Waals surface area contributed by atoms with Gasteiger partial charge >= 0.3 is 0 Å². The van der Waals surface area contributed by atoms with Crippen molar-refractivity contribution in [2.24, 2.45) is 0 Å². The van der Waals surface area contributed by atoms with Gasteiger partial charge in [0.25, 0.3) is 11.8 Å². The maximum absolute atomic E-state index is 13.4. The number of benzene rings is 5. The van der Waals surface area contributed by atoms with E-state index in [0.29, 0.717) is 32.5 Å². The number of thioether (sulfide) groups is 1. The maximum Gasteiger partial charge on any atom is 0.272 e. The lowest BCUT2D eigenvalue weighted by Crippen LogP contribution is -2.30. The van der Waals surface area contributed by atoms with Gasteiger partial charge in [-0.25, -0.2) is 4.39 Å². The molecule has 0 aliphatic carbocycles. The van der Waals surface area contributed by atoms with Gasteiger partial charge in [0.2, 0.25) is 5.91 Å². The summed E-state index contributed by atoms with van der Waals surface area (Å²) >= 11 is 13.7. The zero-order valence-corrected chi connectivity index (χ0v) is 26.4. The Bertz CT molecular complexity index is 1870. The Morgan fingerprint density at radius 1 is 0.717 bits per heavy atom. The van der Waals surface area contributed by atoms with E-state index in [1.165, 1.54) is 42.1 Å². The van der Waals surface area contributed by atoms with E-state index in [4.69, 9.17) is 23.2 Å². The van der Waals surface area contributed by atoms with Crippen molar-refractivity contribution in [3.63, 3.8) is 0 Å². The van der Waals surface area contributed by atoms with Crippen LogP contribution in [0.15, 0.2) is 138 Å². The second-order valence-corrected chi connectivity index (χ2v) is 11.9. The van der Waals surface area contributed by atoms with Crippen LogP contribution >= 0.6 is 35.0 Å². The fraction of sp³-hybridized carbons (Fsp3) is 0.0278. The Labute approximate surface area is 279 Å². The average Bonchev–Trinajstić information content (AvgIpc) is 3.07. The summed E-state index contributed by atoms with van der Waals surface area (Å²) in [6.45, 7) is 0. The van der Waals surface area contributed by atoms with Gasteiger partial charge in [0, 0.05) is 31.9 Å². The van der Waals surface area contributed by atoms with E-state index in [1.807, 2.05) is 30.3 Å². The highest BCUT2D eigenvalue weighted by Crippen LogP contribution is 2.37. The molecule has 3 N–H and O–H groups in total. The van der Waals surface area contributed by atoms with Crippen LogP contribution in [-0.2, 0) is 9.59 Å². The molecule has 0 spiro atoms. The molecule has 1 unspecified atom stereocenters. The van der Waals surface area contributed by atoms with Crippen molar-refractivity contribution in [3.05, 3.63) is 166 Å². The van der Waals surface area contributed by atoms with Crippen molar-refractivity contribution in [1.82, 2.24) is 5.32 Å². The smallest absolute Gasteiger partial charge is 0.272 e. The number of amides is 3. The molecule has 1 atom stereocenters. The zero-order chi connectivity index (χ0) is 32.5. The molecule has 0 bridgehead atoms. The molecule has 10 heteroatoms. The molecule has 5 aromatic carbocycles. The van der Waals surface area contributed by atoms with Crippen molar-refractivity contribution < 1.29 is 18.8 Å². The van der Waals surface area contributed by atoms with Gasteiger partial charge in [-0.05, 0) is 90.0 Å². The number of halogens is 3. The van der Waals surface area contributed by atoms with Crippen LogP contribution in [0.4, 0.5) is 15.8 Å². The first kappa shape index (κ1) is 32.5. The zero-order valence-electron chi connectivity index (χ0n) is 24.0. The molecule has 0 radical (unpaired) electrons. The monoisotopic (exact) mass is 669 g/mol. The van der Waals surface area contributed by atoms with Crippen LogP contribution in [0, 0.1) is 5.82 Å². The van der Waals surface area contributed by atoms with Crippen LogP contribution in [0.1, 0.15) is 26.7 Å². The van der Waals surface area contributed by atoms with E-state index in [2.05, 4.69) is 16.0 Å². The highest BCUT2D eigenvalue weighted by atomic mass is 35.5. The molecule has 230 valence electrons. The summed E-state index contributed by atoms with van der Waals surface area (Å²) in [5.74, 6) is -1.71. The molecule has 0 aliphatic heterocycles. The van der Waals surface area contributed by atoms with Crippen LogP contribution < -0.4 is 16.0 Å². The number of anilines is 2. The lowest BCUT2D eigenvalue weighted by Gasteiger charge is -2.17. The SMILES string of the molecule is O=C(Nc1ccc(SC(C(=O)Nc2ccc(F)cc2)c2ccccc2)cc1)/C(=C/c1ccc(Cl)cc1Cl)NC(=O)c1ccccc1. The molecule has 5 aromatic rings. The van der Waals surface area contributed by atoms with Crippen LogP contribution in [0.5, 0.6) is 0 Å². The minimum absolute atomic E-state index is 0.0295. The molecule has 0 aliphatic rings. The van der Waals surface area contributed by atoms with E-state index in [9.17, 15) is 18.8 Å². The third-order valence-electron chi connectivity index (χ3n) is 6.61. The topological polar surface area (TPSA) is 87.3 Å². The van der Waals surface area contributed by atoms with Gasteiger partial charge in [-0.15, -0.1) is 11.8 Å². The van der Waals surface area contributed by atoms with E-state index >= 15 is 0 Å². The van der Waals surface area contributed by atoms with Crippen LogP contribution in [0.2, 0.25) is 10.0 Å². The van der Waals surface area contributed by atoms with E-state index < -0.39 is 22.9 Å². The third-order valence-corrected chi connectivity index (χ3v) is 8.44. The molecule has 6 nitrogen and oxygen atoms in total. The number of rotatable bonds is 10. The van der Waals surface area contributed by atoms with Gasteiger partial charge < -0.3 is 16.0 Å². The maximum atomic E-state index is 13.4. The molecule has 0 heterocycles. The summed E-state index contributed by atoms with van der Waals surface area (Å²) in [6, 6.07) is 35.2. The number of nitrogens with one attached hydrogen (secondary N) is 3. The summed E-state index contributed by atoms with van der Waals surface area (Å²) in [5.41, 5.74) is 2.56. The minimum atomic E-state index is -0.612. The van der Waals surface area contributed by atoms with Gasteiger partial charge in [-0.1, -0.05) is 77.8 Å². The van der Waals surface area contributed by atoms with E-state index in [-0.39, 0.29) is 11.6 Å². The van der Waals surface area contributed by atoms with Crippen molar-refractivity contribution in [3.8, 4) is 0 Å². The van der Waals surface area contributed by atoms with Crippen molar-refractivity contribution in [2.45, 2.75) is 10.1 Å². The summed E-state index contributed by atoms with van der Waals surface area (Å²) < 4.78 is 13.4. The molecule has 0 saturated carbocycles. The first-order chi connectivity index (χ1) is 22.2. The third kappa shape index (κ3) is 8.85. The molecule has 0 fully saturated rings. The predicted octanol–water partition coefficient (Wildman–Crippen LogP) is 9.01. The Hall–Kier alpha value is -4.89. The number of hydrogen-bond donors (Lipinski definition) is 3. The highest BCUT2D eigenvalue weighted by Gasteiger charge is 2.23. The highest BCUT2D eigenvalue weighted by molar-refractivity contribution is 8.00. The molecule has 5 rings (SSSR count). The Balaban J connectivity index is 1.33. The second-order valence-electron chi connectivity index (χ2n) is 9.93. The van der Waals surface area contributed by atoms with Crippen LogP contribution in [-0.4, -0.2) is 17.7 Å². The molecule has 0 saturated heterocycles. The van der Waals surface area contributed by atoms with Crippen molar-refractivity contribution in [2.75, 3.05) is 10.6 Å². The summed E-state index contributed by atoms with van der Waals surface area (Å²) in [6.07, 6.45) is 1.48. The largest absolute Gasteiger partial charge is 0.325 e. The van der Waals surface area contributed by atoms with E-state index in [1.54, 1.807) is 72.8 Å². The molecule has 3 amide bonds. The molecular weight excluding hydrogens is 644 g/mol. The Morgan fingerprint density at radius 3 is 1.98 bits per heavy atom. The number of carbonyl (C=O) groups is 3. The Kier molecular flexibility index (Phi) is 10.9.